The highest BCUT2D eigenvalue weighted by Gasteiger charge is 2.11. The first kappa shape index (κ1) is 15.5. The summed E-state index contributed by atoms with van der Waals surface area (Å²) in [6.45, 7) is 3.80. The molecule has 1 aromatic carbocycles. The molecule has 4 aromatic rings. The first-order valence-electron chi connectivity index (χ1n) is 7.79. The van der Waals surface area contributed by atoms with E-state index in [2.05, 4.69) is 20.4 Å². The summed E-state index contributed by atoms with van der Waals surface area (Å²) in [5, 5.41) is 9.08. The highest BCUT2D eigenvalue weighted by molar-refractivity contribution is 6.28. The molecule has 0 bridgehead atoms. The van der Waals surface area contributed by atoms with Crippen LogP contribution in [0.25, 0.3) is 16.7 Å². The molecule has 0 aliphatic rings. The Kier molecular flexibility index (Phi) is 3.82. The SMILES string of the molecule is Cc1cc(Nc2cc(C)nn2-c2ccc3ccccc3n2)nc(Cl)n1. The number of hydrogen-bond donors (Lipinski definition) is 1. The van der Waals surface area contributed by atoms with E-state index in [9.17, 15) is 0 Å². The van der Waals surface area contributed by atoms with Crippen LogP contribution in [0.5, 0.6) is 0 Å². The third-order valence-corrected chi connectivity index (χ3v) is 3.88. The molecule has 6 nitrogen and oxygen atoms in total. The Labute approximate surface area is 149 Å². The minimum Gasteiger partial charge on any atom is -0.325 e. The molecule has 0 atom stereocenters. The van der Waals surface area contributed by atoms with E-state index < -0.39 is 0 Å². The monoisotopic (exact) mass is 350 g/mol. The van der Waals surface area contributed by atoms with Gasteiger partial charge in [0, 0.05) is 23.2 Å². The van der Waals surface area contributed by atoms with Gasteiger partial charge in [-0.15, -0.1) is 0 Å². The molecule has 0 saturated carbocycles. The van der Waals surface area contributed by atoms with Crippen molar-refractivity contribution in [2.45, 2.75) is 13.8 Å². The quantitative estimate of drug-likeness (QED) is 0.560. The minimum atomic E-state index is 0.203. The molecule has 4 rings (SSSR count). The number of rotatable bonds is 3. The van der Waals surface area contributed by atoms with Crippen LogP contribution in [0.2, 0.25) is 5.28 Å². The average molecular weight is 351 g/mol. The van der Waals surface area contributed by atoms with E-state index in [4.69, 9.17) is 16.6 Å². The average Bonchev–Trinajstić information content (AvgIpc) is 2.94. The van der Waals surface area contributed by atoms with Crippen molar-refractivity contribution in [2.24, 2.45) is 0 Å². The summed E-state index contributed by atoms with van der Waals surface area (Å²) in [6, 6.07) is 15.7. The Bertz CT molecular complexity index is 1050. The molecule has 0 aliphatic heterocycles. The van der Waals surface area contributed by atoms with Gasteiger partial charge >= 0.3 is 0 Å². The van der Waals surface area contributed by atoms with Crippen LogP contribution in [-0.4, -0.2) is 24.7 Å². The van der Waals surface area contributed by atoms with Crippen LogP contribution in [0, 0.1) is 13.8 Å². The van der Waals surface area contributed by atoms with Gasteiger partial charge in [0.1, 0.15) is 11.6 Å². The van der Waals surface area contributed by atoms with Gasteiger partial charge in [0.05, 0.1) is 11.2 Å². The summed E-state index contributed by atoms with van der Waals surface area (Å²) in [5.41, 5.74) is 2.57. The molecule has 0 amide bonds. The number of halogens is 1. The summed E-state index contributed by atoms with van der Waals surface area (Å²) in [5.74, 6) is 2.10. The first-order chi connectivity index (χ1) is 12.1. The summed E-state index contributed by atoms with van der Waals surface area (Å²) in [7, 11) is 0. The third-order valence-electron chi connectivity index (χ3n) is 3.72. The lowest BCUT2D eigenvalue weighted by Gasteiger charge is -2.10. The largest absolute Gasteiger partial charge is 0.325 e. The molecule has 7 heteroatoms. The van der Waals surface area contributed by atoms with Crippen molar-refractivity contribution in [3.63, 3.8) is 0 Å². The van der Waals surface area contributed by atoms with Crippen molar-refractivity contribution in [3.8, 4) is 5.82 Å². The predicted octanol–water partition coefficient (Wildman–Crippen LogP) is 4.22. The smallest absolute Gasteiger partial charge is 0.224 e. The normalized spacial score (nSPS) is 11.0. The van der Waals surface area contributed by atoms with E-state index in [0.717, 1.165) is 33.9 Å². The maximum atomic E-state index is 5.95. The Hall–Kier alpha value is -2.99. The molecule has 0 radical (unpaired) electrons. The molecule has 124 valence electrons. The second-order valence-corrected chi connectivity index (χ2v) is 6.07. The van der Waals surface area contributed by atoms with Crippen molar-refractivity contribution < 1.29 is 0 Å². The van der Waals surface area contributed by atoms with Gasteiger partial charge < -0.3 is 5.32 Å². The third kappa shape index (κ3) is 3.16. The first-order valence-corrected chi connectivity index (χ1v) is 8.17. The number of nitrogens with zero attached hydrogens (tertiary/aromatic N) is 5. The maximum absolute atomic E-state index is 5.95. The predicted molar refractivity (Wildman–Crippen MR) is 98.7 cm³/mol. The van der Waals surface area contributed by atoms with E-state index in [1.54, 1.807) is 4.68 Å². The van der Waals surface area contributed by atoms with Crippen LogP contribution in [0.1, 0.15) is 11.4 Å². The molecule has 1 N–H and O–H groups in total. The Balaban J connectivity index is 1.77. The van der Waals surface area contributed by atoms with E-state index in [0.29, 0.717) is 5.82 Å². The number of fused-ring (bicyclic) bond motifs is 1. The fourth-order valence-electron chi connectivity index (χ4n) is 2.66. The zero-order chi connectivity index (χ0) is 17.4. The summed E-state index contributed by atoms with van der Waals surface area (Å²) in [6.07, 6.45) is 0. The Morgan fingerprint density at radius 2 is 1.76 bits per heavy atom. The summed E-state index contributed by atoms with van der Waals surface area (Å²) >= 11 is 5.95. The Morgan fingerprint density at radius 3 is 2.60 bits per heavy atom. The topological polar surface area (TPSA) is 68.5 Å². The molecule has 0 aliphatic carbocycles. The van der Waals surface area contributed by atoms with Crippen LogP contribution in [0.4, 0.5) is 11.6 Å². The van der Waals surface area contributed by atoms with Gasteiger partial charge in [0.15, 0.2) is 5.82 Å². The highest BCUT2D eigenvalue weighted by atomic mass is 35.5. The molecule has 25 heavy (non-hydrogen) atoms. The second kappa shape index (κ2) is 6.14. The van der Waals surface area contributed by atoms with Crippen LogP contribution >= 0.6 is 11.6 Å². The van der Waals surface area contributed by atoms with Gasteiger partial charge in [-0.05, 0) is 43.6 Å². The van der Waals surface area contributed by atoms with Crippen molar-refractivity contribution in [2.75, 3.05) is 5.32 Å². The maximum Gasteiger partial charge on any atom is 0.224 e. The fraction of sp³-hybridized carbons (Fsp3) is 0.111. The zero-order valence-electron chi connectivity index (χ0n) is 13.7. The lowest BCUT2D eigenvalue weighted by atomic mass is 10.2. The van der Waals surface area contributed by atoms with Crippen molar-refractivity contribution >= 4 is 34.1 Å². The lowest BCUT2D eigenvalue weighted by molar-refractivity contribution is 0.843. The standard InChI is InChI=1S/C18H15ClN6/c1-11-9-15(23-18(19)20-11)22-17-10-12(2)24-25(17)16-8-7-13-5-3-4-6-14(13)21-16/h3-10H,1-2H3,(H,20,22,23). The Morgan fingerprint density at radius 1 is 0.920 bits per heavy atom. The molecular weight excluding hydrogens is 336 g/mol. The fourth-order valence-corrected chi connectivity index (χ4v) is 2.89. The van der Waals surface area contributed by atoms with Gasteiger partial charge in [-0.3, -0.25) is 0 Å². The van der Waals surface area contributed by atoms with Crippen molar-refractivity contribution in [1.82, 2.24) is 24.7 Å². The van der Waals surface area contributed by atoms with E-state index in [-0.39, 0.29) is 5.28 Å². The molecule has 0 saturated heterocycles. The van der Waals surface area contributed by atoms with Gasteiger partial charge in [0.2, 0.25) is 5.28 Å². The number of pyridine rings is 1. The lowest BCUT2D eigenvalue weighted by Crippen LogP contribution is -2.06. The van der Waals surface area contributed by atoms with Crippen molar-refractivity contribution in [3.05, 3.63) is 65.2 Å². The number of aryl methyl sites for hydroxylation is 2. The van der Waals surface area contributed by atoms with E-state index in [1.807, 2.05) is 62.4 Å². The van der Waals surface area contributed by atoms with Gasteiger partial charge in [0.25, 0.3) is 0 Å². The van der Waals surface area contributed by atoms with Gasteiger partial charge in [-0.25, -0.2) is 15.0 Å². The van der Waals surface area contributed by atoms with Gasteiger partial charge in [-0.1, -0.05) is 18.2 Å². The molecule has 3 heterocycles. The number of benzene rings is 1. The zero-order valence-corrected chi connectivity index (χ0v) is 14.5. The molecule has 3 aromatic heterocycles. The van der Waals surface area contributed by atoms with Gasteiger partial charge in [-0.2, -0.15) is 9.78 Å². The van der Waals surface area contributed by atoms with Crippen LogP contribution in [-0.2, 0) is 0 Å². The van der Waals surface area contributed by atoms with E-state index in [1.165, 1.54) is 0 Å². The van der Waals surface area contributed by atoms with Crippen LogP contribution < -0.4 is 5.32 Å². The number of nitrogens with one attached hydrogen (secondary N) is 1. The van der Waals surface area contributed by atoms with Crippen molar-refractivity contribution in [1.29, 1.82) is 0 Å². The van der Waals surface area contributed by atoms with Crippen LogP contribution in [0.15, 0.2) is 48.5 Å². The van der Waals surface area contributed by atoms with E-state index >= 15 is 0 Å². The highest BCUT2D eigenvalue weighted by Crippen LogP contribution is 2.22. The molecule has 0 fully saturated rings. The van der Waals surface area contributed by atoms with Crippen LogP contribution in [0.3, 0.4) is 0 Å². The minimum absolute atomic E-state index is 0.203. The molecular formula is C18H15ClN6. The summed E-state index contributed by atoms with van der Waals surface area (Å²) < 4.78 is 1.76. The second-order valence-electron chi connectivity index (χ2n) is 5.73. The summed E-state index contributed by atoms with van der Waals surface area (Å²) in [4.78, 5) is 13.0. The molecule has 0 spiro atoms. The number of para-hydroxylation sites is 1. The number of aromatic nitrogens is 5. The molecule has 0 unspecified atom stereocenters. The number of hydrogen-bond acceptors (Lipinski definition) is 5. The number of anilines is 2.